The van der Waals surface area contributed by atoms with E-state index in [9.17, 15) is 13.2 Å². The van der Waals surface area contributed by atoms with Crippen LogP contribution in [0.25, 0.3) is 0 Å². The maximum absolute atomic E-state index is 12.8. The van der Waals surface area contributed by atoms with Gasteiger partial charge in [-0.05, 0) is 35.9 Å². The Morgan fingerprint density at radius 3 is 2.45 bits per heavy atom. The molecule has 0 aliphatic carbocycles. The van der Waals surface area contributed by atoms with E-state index in [2.05, 4.69) is 10.3 Å². The molecule has 0 amide bonds. The van der Waals surface area contributed by atoms with Crippen LogP contribution in [0.1, 0.15) is 16.7 Å². The van der Waals surface area contributed by atoms with Crippen molar-refractivity contribution in [3.63, 3.8) is 0 Å². The third kappa shape index (κ3) is 3.26. The average molecular weight is 277 g/mol. The summed E-state index contributed by atoms with van der Waals surface area (Å²) in [5, 5.41) is 11.6. The predicted molar refractivity (Wildman–Crippen MR) is 67.7 cm³/mol. The van der Waals surface area contributed by atoms with E-state index in [0.717, 1.165) is 17.7 Å². The van der Waals surface area contributed by atoms with E-state index in [1.165, 1.54) is 6.07 Å². The monoisotopic (exact) mass is 277 g/mol. The summed E-state index contributed by atoms with van der Waals surface area (Å²) in [5.74, 6) is 0. The normalized spacial score (nSPS) is 10.9. The number of nitriles is 1. The molecular weight excluding hydrogens is 267 g/mol. The second-order valence-electron chi connectivity index (χ2n) is 4.08. The highest BCUT2D eigenvalue weighted by Crippen LogP contribution is 2.33. The van der Waals surface area contributed by atoms with Gasteiger partial charge in [0, 0.05) is 24.6 Å². The van der Waals surface area contributed by atoms with Gasteiger partial charge in [0.2, 0.25) is 0 Å². The van der Waals surface area contributed by atoms with Crippen molar-refractivity contribution in [2.45, 2.75) is 12.7 Å². The lowest BCUT2D eigenvalue weighted by Gasteiger charge is -2.12. The molecule has 1 aromatic carbocycles. The van der Waals surface area contributed by atoms with Crippen molar-refractivity contribution in [2.24, 2.45) is 0 Å². The van der Waals surface area contributed by atoms with Crippen LogP contribution in [-0.2, 0) is 12.7 Å². The first kappa shape index (κ1) is 13.9. The van der Waals surface area contributed by atoms with Crippen LogP contribution >= 0.6 is 0 Å². The third-order valence-electron chi connectivity index (χ3n) is 2.69. The van der Waals surface area contributed by atoms with Crippen molar-refractivity contribution in [1.29, 1.82) is 5.26 Å². The van der Waals surface area contributed by atoms with Crippen LogP contribution in [0.15, 0.2) is 42.7 Å². The fourth-order valence-corrected chi connectivity index (χ4v) is 1.69. The number of hydrogen-bond donors (Lipinski definition) is 1. The first-order valence-corrected chi connectivity index (χ1v) is 5.75. The van der Waals surface area contributed by atoms with Gasteiger partial charge in [-0.1, -0.05) is 0 Å². The molecule has 0 unspecified atom stereocenters. The van der Waals surface area contributed by atoms with Crippen LogP contribution in [0, 0.1) is 11.3 Å². The third-order valence-corrected chi connectivity index (χ3v) is 2.69. The molecule has 2 rings (SSSR count). The first-order chi connectivity index (χ1) is 9.50. The Morgan fingerprint density at radius 2 is 1.85 bits per heavy atom. The molecule has 0 bridgehead atoms. The highest BCUT2D eigenvalue weighted by atomic mass is 19.4. The highest BCUT2D eigenvalue weighted by molar-refractivity contribution is 5.53. The molecule has 0 spiro atoms. The molecule has 6 heteroatoms. The maximum Gasteiger partial charge on any atom is 0.417 e. The minimum atomic E-state index is -4.54. The zero-order valence-electron chi connectivity index (χ0n) is 10.3. The molecule has 102 valence electrons. The maximum atomic E-state index is 12.8. The van der Waals surface area contributed by atoms with Crippen LogP contribution in [0.5, 0.6) is 0 Å². The summed E-state index contributed by atoms with van der Waals surface area (Å²) in [4.78, 5) is 3.86. The Kier molecular flexibility index (Phi) is 3.89. The van der Waals surface area contributed by atoms with E-state index in [1.807, 2.05) is 0 Å². The van der Waals surface area contributed by atoms with Gasteiger partial charge in [0.15, 0.2) is 0 Å². The molecule has 0 aliphatic heterocycles. The van der Waals surface area contributed by atoms with Gasteiger partial charge in [-0.2, -0.15) is 18.4 Å². The molecular formula is C14H10F3N3. The quantitative estimate of drug-likeness (QED) is 0.932. The topological polar surface area (TPSA) is 48.7 Å². The van der Waals surface area contributed by atoms with Crippen molar-refractivity contribution in [3.8, 4) is 6.07 Å². The van der Waals surface area contributed by atoms with Crippen molar-refractivity contribution < 1.29 is 13.2 Å². The second-order valence-corrected chi connectivity index (χ2v) is 4.08. The van der Waals surface area contributed by atoms with Crippen LogP contribution in [0.4, 0.5) is 18.9 Å². The summed E-state index contributed by atoms with van der Waals surface area (Å²) in [5.41, 5.74) is -0.0993. The minimum absolute atomic E-state index is 0.313. The van der Waals surface area contributed by atoms with Crippen LogP contribution in [0.3, 0.4) is 0 Å². The molecule has 2 aromatic rings. The number of alkyl halides is 3. The molecule has 0 aliphatic rings. The molecule has 0 atom stereocenters. The number of aromatic nitrogens is 1. The summed E-state index contributed by atoms with van der Waals surface area (Å²) in [6.07, 6.45) is -1.33. The number of anilines is 1. The fraction of sp³-hybridized carbons (Fsp3) is 0.143. The molecule has 0 radical (unpaired) electrons. The van der Waals surface area contributed by atoms with Crippen LogP contribution in [0.2, 0.25) is 0 Å². The van der Waals surface area contributed by atoms with Crippen LogP contribution < -0.4 is 5.32 Å². The lowest BCUT2D eigenvalue weighted by molar-refractivity contribution is -0.137. The predicted octanol–water partition coefficient (Wildman–Crippen LogP) is 3.58. The summed E-state index contributed by atoms with van der Waals surface area (Å²) in [6, 6.07) is 8.64. The van der Waals surface area contributed by atoms with Crippen molar-refractivity contribution in [2.75, 3.05) is 5.32 Å². The van der Waals surface area contributed by atoms with E-state index in [4.69, 9.17) is 5.26 Å². The summed E-state index contributed by atoms with van der Waals surface area (Å²) < 4.78 is 38.4. The molecule has 1 heterocycles. The molecule has 1 aromatic heterocycles. The Bertz CT molecular complexity index is 630. The van der Waals surface area contributed by atoms with Gasteiger partial charge in [-0.15, -0.1) is 0 Å². The lowest BCUT2D eigenvalue weighted by Crippen LogP contribution is -2.09. The lowest BCUT2D eigenvalue weighted by atomic mass is 10.1. The molecule has 0 fully saturated rings. The number of pyridine rings is 1. The molecule has 1 N–H and O–H groups in total. The van der Waals surface area contributed by atoms with Crippen LogP contribution in [-0.4, -0.2) is 4.98 Å². The van der Waals surface area contributed by atoms with Crippen molar-refractivity contribution >= 4 is 5.69 Å². The molecule has 20 heavy (non-hydrogen) atoms. The summed E-state index contributed by atoms with van der Waals surface area (Å²) >= 11 is 0. The number of rotatable bonds is 3. The SMILES string of the molecule is N#Cc1ccc(NCc2ccncc2)cc1C(F)(F)F. The molecule has 0 saturated carbocycles. The fourth-order valence-electron chi connectivity index (χ4n) is 1.69. The average Bonchev–Trinajstić information content (AvgIpc) is 2.45. The van der Waals surface area contributed by atoms with E-state index in [-0.39, 0.29) is 5.56 Å². The summed E-state index contributed by atoms with van der Waals surface area (Å²) in [6.45, 7) is 0.381. The number of benzene rings is 1. The van der Waals surface area contributed by atoms with Gasteiger partial charge < -0.3 is 5.32 Å². The van der Waals surface area contributed by atoms with E-state index >= 15 is 0 Å². The van der Waals surface area contributed by atoms with Crippen molar-refractivity contribution in [1.82, 2.24) is 4.98 Å². The second kappa shape index (κ2) is 5.61. The van der Waals surface area contributed by atoms with Gasteiger partial charge in [0.1, 0.15) is 0 Å². The number of nitrogens with zero attached hydrogens (tertiary/aromatic N) is 2. The van der Waals surface area contributed by atoms with E-state index in [1.54, 1.807) is 30.6 Å². The Morgan fingerprint density at radius 1 is 1.15 bits per heavy atom. The zero-order valence-corrected chi connectivity index (χ0v) is 10.3. The smallest absolute Gasteiger partial charge is 0.381 e. The van der Waals surface area contributed by atoms with Gasteiger partial charge >= 0.3 is 6.18 Å². The van der Waals surface area contributed by atoms with Gasteiger partial charge in [-0.25, -0.2) is 0 Å². The van der Waals surface area contributed by atoms with Crippen molar-refractivity contribution in [3.05, 3.63) is 59.4 Å². The van der Waals surface area contributed by atoms with Gasteiger partial charge in [0.05, 0.1) is 17.2 Å². The Hall–Kier alpha value is -2.55. The van der Waals surface area contributed by atoms with Gasteiger partial charge in [-0.3, -0.25) is 4.98 Å². The number of halogens is 3. The highest BCUT2D eigenvalue weighted by Gasteiger charge is 2.33. The zero-order chi connectivity index (χ0) is 14.6. The molecule has 3 nitrogen and oxygen atoms in total. The standard InChI is InChI=1S/C14H10F3N3/c15-14(16,17)13-7-12(2-1-11(13)8-18)20-9-10-3-5-19-6-4-10/h1-7,20H,9H2. The minimum Gasteiger partial charge on any atom is -0.381 e. The molecule has 0 saturated heterocycles. The van der Waals surface area contributed by atoms with Gasteiger partial charge in [0.25, 0.3) is 0 Å². The Balaban J connectivity index is 2.20. The first-order valence-electron chi connectivity index (χ1n) is 5.75. The number of nitrogens with one attached hydrogen (secondary N) is 1. The summed E-state index contributed by atoms with van der Waals surface area (Å²) in [7, 11) is 0. The number of hydrogen-bond acceptors (Lipinski definition) is 3. The van der Waals surface area contributed by atoms with E-state index in [0.29, 0.717) is 12.2 Å². The Labute approximate surface area is 113 Å². The largest absolute Gasteiger partial charge is 0.417 e. The van der Waals surface area contributed by atoms with E-state index < -0.39 is 11.7 Å².